The highest BCUT2D eigenvalue weighted by atomic mass is 16.6. The lowest BCUT2D eigenvalue weighted by Crippen LogP contribution is -2.55. The quantitative estimate of drug-likeness (QED) is 0.641. The smallest absolute Gasteiger partial charge is 0.360 e. The molecule has 0 bridgehead atoms. The number of methoxy groups -OCH3 is 1. The van der Waals surface area contributed by atoms with Crippen molar-refractivity contribution in [1.29, 1.82) is 0 Å². The molecule has 0 radical (unpaired) electrons. The summed E-state index contributed by atoms with van der Waals surface area (Å²) in [4.78, 5) is 27.8. The average molecular weight is 266 g/mol. The number of rotatable bonds is 3. The van der Waals surface area contributed by atoms with Crippen molar-refractivity contribution in [2.24, 2.45) is 0 Å². The number of carbonyl (C=O) groups excluding carboxylic acids is 2. The first-order chi connectivity index (χ1) is 9.01. The van der Waals surface area contributed by atoms with Gasteiger partial charge >= 0.3 is 5.97 Å². The Morgan fingerprint density at radius 3 is 2.89 bits per heavy atom. The highest BCUT2D eigenvalue weighted by molar-refractivity contribution is 6.13. The first-order valence-electron chi connectivity index (χ1n) is 5.74. The number of nitrogens with one attached hydrogen (secondary N) is 1. The second-order valence-electron chi connectivity index (χ2n) is 4.01. The van der Waals surface area contributed by atoms with E-state index in [1.54, 1.807) is 19.1 Å². The Labute approximate surface area is 109 Å². The van der Waals surface area contributed by atoms with Crippen LogP contribution in [0, 0.1) is 0 Å². The summed E-state index contributed by atoms with van der Waals surface area (Å²) in [6.07, 6.45) is 0. The Morgan fingerprint density at radius 2 is 2.26 bits per heavy atom. The summed E-state index contributed by atoms with van der Waals surface area (Å²) in [5, 5.41) is 2.51. The van der Waals surface area contributed by atoms with Crippen LogP contribution in [0.5, 0.6) is 11.6 Å². The molecular formula is C12H14N2O5. The van der Waals surface area contributed by atoms with Gasteiger partial charge in [-0.05, 0) is 19.9 Å². The van der Waals surface area contributed by atoms with Gasteiger partial charge in [0.15, 0.2) is 11.6 Å². The molecule has 1 atom stereocenters. The minimum absolute atomic E-state index is 0.165. The van der Waals surface area contributed by atoms with Gasteiger partial charge in [-0.2, -0.15) is 4.98 Å². The fourth-order valence-corrected chi connectivity index (χ4v) is 1.61. The van der Waals surface area contributed by atoms with E-state index in [9.17, 15) is 9.59 Å². The summed E-state index contributed by atoms with van der Waals surface area (Å²) in [5.41, 5.74) is -1.71. The molecule has 0 aromatic carbocycles. The van der Waals surface area contributed by atoms with E-state index in [0.717, 1.165) is 0 Å². The predicted molar refractivity (Wildman–Crippen MR) is 65.1 cm³/mol. The lowest BCUT2D eigenvalue weighted by atomic mass is 10.0. The zero-order valence-electron chi connectivity index (χ0n) is 10.9. The summed E-state index contributed by atoms with van der Waals surface area (Å²) in [5.74, 6) is -0.530. The molecule has 0 spiro atoms. The van der Waals surface area contributed by atoms with Crippen molar-refractivity contribution < 1.29 is 23.8 Å². The van der Waals surface area contributed by atoms with Crippen LogP contribution in [0.4, 0.5) is 5.82 Å². The van der Waals surface area contributed by atoms with Gasteiger partial charge in [0.05, 0.1) is 13.7 Å². The van der Waals surface area contributed by atoms with Crippen molar-refractivity contribution in [3.63, 3.8) is 0 Å². The third-order valence-electron chi connectivity index (χ3n) is 2.69. The maximum Gasteiger partial charge on any atom is 0.360 e. The van der Waals surface area contributed by atoms with Crippen molar-refractivity contribution in [1.82, 2.24) is 4.98 Å². The van der Waals surface area contributed by atoms with Gasteiger partial charge in [-0.25, -0.2) is 4.79 Å². The van der Waals surface area contributed by atoms with Crippen molar-refractivity contribution in [3.8, 4) is 11.6 Å². The Bertz CT molecular complexity index is 531. The molecule has 1 aliphatic heterocycles. The number of nitrogens with zero attached hydrogens (tertiary/aromatic N) is 1. The minimum atomic E-state index is -1.71. The van der Waals surface area contributed by atoms with E-state index in [0.29, 0.717) is 5.88 Å². The first-order valence-corrected chi connectivity index (χ1v) is 5.74. The lowest BCUT2D eigenvalue weighted by molar-refractivity contribution is -0.165. The number of amides is 1. The molecule has 1 aromatic rings. The molecule has 7 heteroatoms. The molecule has 0 saturated carbocycles. The minimum Gasteiger partial charge on any atom is -0.481 e. The van der Waals surface area contributed by atoms with Gasteiger partial charge in [0.1, 0.15) is 0 Å². The fraction of sp³-hybridized carbons (Fsp3) is 0.417. The lowest BCUT2D eigenvalue weighted by Gasteiger charge is -2.31. The van der Waals surface area contributed by atoms with Gasteiger partial charge in [-0.3, -0.25) is 4.79 Å². The van der Waals surface area contributed by atoms with Crippen LogP contribution in [0.3, 0.4) is 0 Å². The zero-order valence-corrected chi connectivity index (χ0v) is 10.9. The molecule has 2 heterocycles. The topological polar surface area (TPSA) is 86.8 Å². The maximum absolute atomic E-state index is 12.0. The highest BCUT2D eigenvalue weighted by Gasteiger charge is 2.49. The number of hydrogen-bond acceptors (Lipinski definition) is 6. The van der Waals surface area contributed by atoms with Crippen LogP contribution >= 0.6 is 0 Å². The molecule has 1 aromatic heterocycles. The van der Waals surface area contributed by atoms with E-state index in [1.165, 1.54) is 14.0 Å². The molecule has 0 aliphatic carbocycles. The fourth-order valence-electron chi connectivity index (χ4n) is 1.61. The second kappa shape index (κ2) is 4.75. The Morgan fingerprint density at radius 1 is 1.53 bits per heavy atom. The molecule has 19 heavy (non-hydrogen) atoms. The number of hydrogen-bond donors (Lipinski definition) is 1. The molecule has 1 unspecified atom stereocenters. The molecule has 1 amide bonds. The standard InChI is InChI=1S/C12H14N2O5/c1-4-18-11(16)12(2)10(15)14-9-7(19-12)5-6-8(13-9)17-3/h5-6H,4H2,1-3H3,(H,13,14,15). The van der Waals surface area contributed by atoms with Crippen LogP contribution in [0.25, 0.3) is 0 Å². The number of aromatic nitrogens is 1. The normalized spacial score (nSPS) is 20.9. The number of anilines is 1. The van der Waals surface area contributed by atoms with Crippen molar-refractivity contribution in [2.75, 3.05) is 19.0 Å². The second-order valence-corrected chi connectivity index (χ2v) is 4.01. The summed E-state index contributed by atoms with van der Waals surface area (Å²) < 4.78 is 15.2. The SMILES string of the molecule is CCOC(=O)C1(C)Oc2ccc(OC)nc2NC1=O. The zero-order chi connectivity index (χ0) is 14.0. The van der Waals surface area contributed by atoms with E-state index in [4.69, 9.17) is 14.2 Å². The summed E-state index contributed by atoms with van der Waals surface area (Å²) in [7, 11) is 1.46. The number of carbonyl (C=O) groups is 2. The number of ether oxygens (including phenoxy) is 3. The predicted octanol–water partition coefficient (Wildman–Crippen LogP) is 0.743. The van der Waals surface area contributed by atoms with Crippen LogP contribution in [-0.4, -0.2) is 36.2 Å². The van der Waals surface area contributed by atoms with Gasteiger partial charge in [0, 0.05) is 6.07 Å². The van der Waals surface area contributed by atoms with E-state index in [2.05, 4.69) is 10.3 Å². The van der Waals surface area contributed by atoms with E-state index in [-0.39, 0.29) is 18.2 Å². The average Bonchev–Trinajstić information content (AvgIpc) is 2.40. The summed E-state index contributed by atoms with van der Waals surface area (Å²) in [6, 6.07) is 3.14. The van der Waals surface area contributed by atoms with E-state index in [1.807, 2.05) is 0 Å². The number of pyridine rings is 1. The number of esters is 1. The third-order valence-corrected chi connectivity index (χ3v) is 2.69. The van der Waals surface area contributed by atoms with Crippen molar-refractivity contribution in [2.45, 2.75) is 19.4 Å². The van der Waals surface area contributed by atoms with Crippen LogP contribution < -0.4 is 14.8 Å². The summed E-state index contributed by atoms with van der Waals surface area (Å²) in [6.45, 7) is 3.18. The van der Waals surface area contributed by atoms with Crippen LogP contribution in [-0.2, 0) is 14.3 Å². The van der Waals surface area contributed by atoms with Crippen molar-refractivity contribution in [3.05, 3.63) is 12.1 Å². The molecule has 102 valence electrons. The number of fused-ring (bicyclic) bond motifs is 1. The first kappa shape index (κ1) is 13.1. The van der Waals surface area contributed by atoms with Gasteiger partial charge in [-0.15, -0.1) is 0 Å². The summed E-state index contributed by atoms with van der Waals surface area (Å²) >= 11 is 0. The molecule has 7 nitrogen and oxygen atoms in total. The molecule has 0 saturated heterocycles. The third kappa shape index (κ3) is 2.18. The Kier molecular flexibility index (Phi) is 3.28. The molecule has 0 fully saturated rings. The van der Waals surface area contributed by atoms with Crippen LogP contribution in [0.2, 0.25) is 0 Å². The van der Waals surface area contributed by atoms with Gasteiger partial charge < -0.3 is 19.5 Å². The molecule has 1 N–H and O–H groups in total. The Balaban J connectivity index is 2.34. The van der Waals surface area contributed by atoms with Crippen molar-refractivity contribution >= 4 is 17.7 Å². The molecule has 1 aliphatic rings. The van der Waals surface area contributed by atoms with E-state index >= 15 is 0 Å². The molecular weight excluding hydrogens is 252 g/mol. The van der Waals surface area contributed by atoms with Crippen LogP contribution in [0.1, 0.15) is 13.8 Å². The van der Waals surface area contributed by atoms with Gasteiger partial charge in [0.2, 0.25) is 5.88 Å². The van der Waals surface area contributed by atoms with Crippen LogP contribution in [0.15, 0.2) is 12.1 Å². The maximum atomic E-state index is 12.0. The monoisotopic (exact) mass is 266 g/mol. The Hall–Kier alpha value is -2.31. The largest absolute Gasteiger partial charge is 0.481 e. The van der Waals surface area contributed by atoms with Gasteiger partial charge in [-0.1, -0.05) is 0 Å². The molecule has 2 rings (SSSR count). The van der Waals surface area contributed by atoms with Gasteiger partial charge in [0.25, 0.3) is 11.5 Å². The van der Waals surface area contributed by atoms with E-state index < -0.39 is 17.5 Å². The highest BCUT2D eigenvalue weighted by Crippen LogP contribution is 2.34.